The molecule has 0 saturated carbocycles. The minimum atomic E-state index is -0.301. The first-order valence-corrected chi connectivity index (χ1v) is 6.12. The minimum absolute atomic E-state index is 0.0331. The van der Waals surface area contributed by atoms with Gasteiger partial charge >= 0.3 is 6.09 Å². The van der Waals surface area contributed by atoms with Gasteiger partial charge in [0.1, 0.15) is 12.6 Å². The summed E-state index contributed by atoms with van der Waals surface area (Å²) in [5, 5.41) is 0. The van der Waals surface area contributed by atoms with Gasteiger partial charge in [0.15, 0.2) is 0 Å². The number of rotatable bonds is 3. The quantitative estimate of drug-likeness (QED) is 0.766. The van der Waals surface area contributed by atoms with Crippen molar-refractivity contribution in [2.75, 3.05) is 13.1 Å². The fourth-order valence-corrected chi connectivity index (χ4v) is 2.17. The maximum absolute atomic E-state index is 11.9. The molecule has 94 valence electrons. The summed E-state index contributed by atoms with van der Waals surface area (Å²) in [6.07, 6.45) is 1.56. The number of hydrogen-bond acceptors (Lipinski definition) is 2. The van der Waals surface area contributed by atoms with Crippen LogP contribution in [0.3, 0.4) is 0 Å². The predicted molar refractivity (Wildman–Crippen MR) is 67.8 cm³/mol. The van der Waals surface area contributed by atoms with Crippen LogP contribution < -0.4 is 0 Å². The van der Waals surface area contributed by atoms with Gasteiger partial charge in [0.25, 0.3) is 0 Å². The molecular weight excluding hydrogens is 228 g/mol. The van der Waals surface area contributed by atoms with Crippen LogP contribution in [0.5, 0.6) is 0 Å². The number of ether oxygens (including phenoxy) is 1. The smallest absolute Gasteiger partial charge is 0.410 e. The molecule has 0 aliphatic carbocycles. The second-order valence-electron chi connectivity index (χ2n) is 4.37. The molecule has 0 spiro atoms. The second-order valence-corrected chi connectivity index (χ2v) is 4.37. The SMILES string of the molecule is [C-]#[N+]CC1CCCN1C(=O)OCc1ccccc1. The van der Waals surface area contributed by atoms with E-state index in [9.17, 15) is 4.79 Å². The molecule has 1 aliphatic heterocycles. The van der Waals surface area contributed by atoms with Crippen molar-refractivity contribution >= 4 is 6.09 Å². The highest BCUT2D eigenvalue weighted by molar-refractivity contribution is 5.68. The first-order chi connectivity index (χ1) is 8.81. The van der Waals surface area contributed by atoms with Gasteiger partial charge in [0.2, 0.25) is 6.54 Å². The third-order valence-electron chi connectivity index (χ3n) is 3.12. The van der Waals surface area contributed by atoms with Crippen LogP contribution in [0.25, 0.3) is 4.85 Å². The molecule has 1 unspecified atom stereocenters. The van der Waals surface area contributed by atoms with Crippen LogP contribution in [0.15, 0.2) is 30.3 Å². The molecule has 0 bridgehead atoms. The van der Waals surface area contributed by atoms with Gasteiger partial charge in [-0.05, 0) is 18.4 Å². The van der Waals surface area contributed by atoms with Crippen molar-refractivity contribution in [2.45, 2.75) is 25.5 Å². The summed E-state index contributed by atoms with van der Waals surface area (Å²) in [6, 6.07) is 9.65. The van der Waals surface area contributed by atoms with Crippen molar-refractivity contribution in [3.63, 3.8) is 0 Å². The molecular formula is C14H16N2O2. The molecule has 1 heterocycles. The van der Waals surface area contributed by atoms with Crippen molar-refractivity contribution in [2.24, 2.45) is 0 Å². The highest BCUT2D eigenvalue weighted by Crippen LogP contribution is 2.19. The summed E-state index contributed by atoms with van der Waals surface area (Å²) >= 11 is 0. The molecule has 4 nitrogen and oxygen atoms in total. The van der Waals surface area contributed by atoms with Crippen LogP contribution >= 0.6 is 0 Å². The van der Waals surface area contributed by atoms with E-state index in [1.807, 2.05) is 30.3 Å². The van der Waals surface area contributed by atoms with Gasteiger partial charge in [0, 0.05) is 6.54 Å². The first kappa shape index (κ1) is 12.4. The van der Waals surface area contributed by atoms with E-state index in [1.54, 1.807) is 4.90 Å². The third-order valence-corrected chi connectivity index (χ3v) is 3.12. The van der Waals surface area contributed by atoms with Crippen molar-refractivity contribution in [1.82, 2.24) is 4.90 Å². The topological polar surface area (TPSA) is 33.9 Å². The van der Waals surface area contributed by atoms with Crippen molar-refractivity contribution < 1.29 is 9.53 Å². The lowest BCUT2D eigenvalue weighted by Gasteiger charge is -2.20. The van der Waals surface area contributed by atoms with E-state index in [0.29, 0.717) is 19.7 Å². The molecule has 18 heavy (non-hydrogen) atoms. The Morgan fingerprint density at radius 1 is 1.44 bits per heavy atom. The maximum atomic E-state index is 11.9. The van der Waals surface area contributed by atoms with Crippen LogP contribution in [0.4, 0.5) is 4.79 Å². The van der Waals surface area contributed by atoms with Crippen LogP contribution in [0, 0.1) is 6.57 Å². The summed E-state index contributed by atoms with van der Waals surface area (Å²) in [5.41, 5.74) is 0.978. The fraction of sp³-hybridized carbons (Fsp3) is 0.429. The largest absolute Gasteiger partial charge is 0.445 e. The zero-order chi connectivity index (χ0) is 12.8. The number of amides is 1. The molecule has 1 saturated heterocycles. The lowest BCUT2D eigenvalue weighted by molar-refractivity contribution is 0.0940. The Labute approximate surface area is 107 Å². The Kier molecular flexibility index (Phi) is 4.19. The van der Waals surface area contributed by atoms with E-state index in [2.05, 4.69) is 4.85 Å². The molecule has 2 rings (SSSR count). The summed E-state index contributed by atoms with van der Waals surface area (Å²) in [6.45, 7) is 8.25. The average Bonchev–Trinajstić information content (AvgIpc) is 2.86. The minimum Gasteiger partial charge on any atom is -0.445 e. The molecule has 0 N–H and O–H groups in total. The van der Waals surface area contributed by atoms with Gasteiger partial charge in [-0.1, -0.05) is 30.3 Å². The molecule has 1 fully saturated rings. The Morgan fingerprint density at radius 3 is 2.94 bits per heavy atom. The predicted octanol–water partition coefficient (Wildman–Crippen LogP) is 2.71. The van der Waals surface area contributed by atoms with Gasteiger partial charge in [-0.15, -0.1) is 0 Å². The Balaban J connectivity index is 1.86. The van der Waals surface area contributed by atoms with Crippen molar-refractivity contribution in [3.8, 4) is 0 Å². The highest BCUT2D eigenvalue weighted by atomic mass is 16.6. The van der Waals surface area contributed by atoms with Crippen molar-refractivity contribution in [1.29, 1.82) is 0 Å². The van der Waals surface area contributed by atoms with Gasteiger partial charge in [0.05, 0.1) is 0 Å². The van der Waals surface area contributed by atoms with E-state index >= 15 is 0 Å². The van der Waals surface area contributed by atoms with Gasteiger partial charge in [-0.2, -0.15) is 0 Å². The molecule has 0 aromatic heterocycles. The van der Waals surface area contributed by atoms with Crippen LogP contribution in [-0.4, -0.2) is 30.1 Å². The van der Waals surface area contributed by atoms with E-state index in [0.717, 1.165) is 18.4 Å². The molecule has 1 aromatic carbocycles. The number of carbonyl (C=O) groups is 1. The zero-order valence-electron chi connectivity index (χ0n) is 10.2. The van der Waals surface area contributed by atoms with E-state index in [1.165, 1.54) is 0 Å². The van der Waals surface area contributed by atoms with Gasteiger partial charge in [-0.25, -0.2) is 11.4 Å². The van der Waals surface area contributed by atoms with E-state index < -0.39 is 0 Å². The number of hydrogen-bond donors (Lipinski definition) is 0. The molecule has 4 heteroatoms. The highest BCUT2D eigenvalue weighted by Gasteiger charge is 2.31. The molecule has 1 atom stereocenters. The third kappa shape index (κ3) is 3.01. The Hall–Kier alpha value is -2.02. The number of carbonyl (C=O) groups excluding carboxylic acids is 1. The molecule has 1 amide bonds. The molecule has 1 aromatic rings. The van der Waals surface area contributed by atoms with Gasteiger partial charge in [-0.3, -0.25) is 4.90 Å². The van der Waals surface area contributed by atoms with E-state index in [-0.39, 0.29) is 12.1 Å². The number of likely N-dealkylation sites (tertiary alicyclic amines) is 1. The summed E-state index contributed by atoms with van der Waals surface area (Å²) in [5.74, 6) is 0. The lowest BCUT2D eigenvalue weighted by atomic mass is 10.2. The van der Waals surface area contributed by atoms with Crippen LogP contribution in [-0.2, 0) is 11.3 Å². The average molecular weight is 244 g/mol. The van der Waals surface area contributed by atoms with E-state index in [4.69, 9.17) is 11.3 Å². The monoisotopic (exact) mass is 244 g/mol. The van der Waals surface area contributed by atoms with Crippen LogP contribution in [0.2, 0.25) is 0 Å². The normalized spacial score (nSPS) is 18.4. The standard InChI is InChI=1S/C14H16N2O2/c1-15-10-13-8-5-9-16(13)14(17)18-11-12-6-3-2-4-7-12/h2-4,6-7,13H,5,8-11H2. The van der Waals surface area contributed by atoms with Crippen molar-refractivity contribution in [3.05, 3.63) is 47.3 Å². The fourth-order valence-electron chi connectivity index (χ4n) is 2.17. The maximum Gasteiger partial charge on any atom is 0.410 e. The summed E-state index contributed by atoms with van der Waals surface area (Å²) in [7, 11) is 0. The molecule has 1 aliphatic rings. The Morgan fingerprint density at radius 2 is 2.22 bits per heavy atom. The summed E-state index contributed by atoms with van der Waals surface area (Å²) < 4.78 is 5.27. The van der Waals surface area contributed by atoms with Crippen LogP contribution in [0.1, 0.15) is 18.4 Å². The molecule has 0 radical (unpaired) electrons. The first-order valence-electron chi connectivity index (χ1n) is 6.12. The second kappa shape index (κ2) is 6.06. The summed E-state index contributed by atoms with van der Waals surface area (Å²) in [4.78, 5) is 17.0. The Bertz CT molecular complexity index is 439. The number of benzene rings is 1. The lowest BCUT2D eigenvalue weighted by Crippen LogP contribution is -2.37. The van der Waals surface area contributed by atoms with Gasteiger partial charge < -0.3 is 9.58 Å². The number of nitrogens with zero attached hydrogens (tertiary/aromatic N) is 2. The zero-order valence-corrected chi connectivity index (χ0v) is 10.2.